The van der Waals surface area contributed by atoms with E-state index in [9.17, 15) is 43.2 Å². The summed E-state index contributed by atoms with van der Waals surface area (Å²) in [7, 11) is -11.7. The summed E-state index contributed by atoms with van der Waals surface area (Å²) in [4.78, 5) is 12.9. The SMILES string of the molecule is [CH3][Sn]([CH3])([CH3])/[CH]=C/[C@@H]1[C@H]2CCCC[C@@H]2C[C@@H]1N(CCCN([C@H]1C[C@H]2CCCC[C@@H]2[C@H]1/C=[CH]/[Sn]([CH3])([CH3])[CH3])S(=O)(=O)C(F)(F)F)S(=O)(=O)C(F)(F)F. The van der Waals surface area contributed by atoms with Crippen LogP contribution in [0.15, 0.2) is 20.3 Å². The number of nitrogens with zero attached hydrogens (tertiary/aromatic N) is 2. The van der Waals surface area contributed by atoms with Gasteiger partial charge in [0.2, 0.25) is 0 Å². The van der Waals surface area contributed by atoms with E-state index < -0.39 is 111 Å². The molecule has 0 bridgehead atoms. The van der Waals surface area contributed by atoms with E-state index in [1.54, 1.807) is 0 Å². The molecule has 0 amide bonds. The Morgan fingerprint density at radius 1 is 0.592 bits per heavy atom. The third-order valence-electron chi connectivity index (χ3n) is 11.2. The molecule has 16 heteroatoms. The van der Waals surface area contributed by atoms with Gasteiger partial charge in [-0.2, -0.15) is 0 Å². The molecular formula is C33H56F6N2O4S2Sn2. The summed E-state index contributed by atoms with van der Waals surface area (Å²) in [5.74, 6) is -0.717. The second kappa shape index (κ2) is 15.7. The van der Waals surface area contributed by atoms with Gasteiger partial charge in [-0.3, -0.25) is 0 Å². The van der Waals surface area contributed by atoms with Crippen molar-refractivity contribution in [2.24, 2.45) is 35.5 Å². The van der Waals surface area contributed by atoms with Crippen molar-refractivity contribution < 1.29 is 43.2 Å². The number of sulfonamides is 2. The number of halogens is 6. The predicted octanol–water partition coefficient (Wildman–Crippen LogP) is 8.94. The molecule has 4 aliphatic carbocycles. The average Bonchev–Trinajstić information content (AvgIpc) is 3.50. The number of hydrogen-bond donors (Lipinski definition) is 0. The second-order valence-corrected chi connectivity index (χ2v) is 49.8. The van der Waals surface area contributed by atoms with Gasteiger partial charge in [-0.15, -0.1) is 0 Å². The van der Waals surface area contributed by atoms with Crippen LogP contribution in [0.5, 0.6) is 0 Å². The molecule has 0 aromatic heterocycles. The van der Waals surface area contributed by atoms with Gasteiger partial charge in [0.05, 0.1) is 0 Å². The van der Waals surface area contributed by atoms with Gasteiger partial charge in [0.1, 0.15) is 0 Å². The molecule has 4 aliphatic rings. The monoisotopic (exact) mass is 962 g/mol. The fourth-order valence-electron chi connectivity index (χ4n) is 9.11. The maximum atomic E-state index is 14.3. The van der Waals surface area contributed by atoms with Crippen molar-refractivity contribution in [2.75, 3.05) is 13.1 Å². The Bertz CT molecular complexity index is 1320. The first-order valence-corrected chi connectivity index (χ1v) is 41.2. The Labute approximate surface area is 298 Å². The average molecular weight is 960 g/mol. The topological polar surface area (TPSA) is 74.8 Å². The van der Waals surface area contributed by atoms with Gasteiger partial charge in [-0.25, -0.2) is 0 Å². The molecule has 0 N–H and O–H groups in total. The van der Waals surface area contributed by atoms with E-state index >= 15 is 0 Å². The summed E-state index contributed by atoms with van der Waals surface area (Å²) >= 11 is -5.17. The molecule has 0 aromatic rings. The van der Waals surface area contributed by atoms with Crippen molar-refractivity contribution in [3.05, 3.63) is 20.3 Å². The van der Waals surface area contributed by atoms with Crippen molar-refractivity contribution in [1.82, 2.24) is 8.61 Å². The fraction of sp³-hybridized carbons (Fsp3) is 0.879. The Hall–Kier alpha value is 0.477. The van der Waals surface area contributed by atoms with Crippen LogP contribution in [0.4, 0.5) is 26.3 Å². The third kappa shape index (κ3) is 9.97. The summed E-state index contributed by atoms with van der Waals surface area (Å²) in [6, 6.07) is -2.00. The van der Waals surface area contributed by atoms with E-state index in [1.165, 1.54) is 0 Å². The van der Waals surface area contributed by atoms with Gasteiger partial charge in [-0.05, 0) is 0 Å². The van der Waals surface area contributed by atoms with Gasteiger partial charge in [0.15, 0.2) is 0 Å². The predicted molar refractivity (Wildman–Crippen MR) is 188 cm³/mol. The third-order valence-corrected chi connectivity index (χ3v) is 21.4. The summed E-state index contributed by atoms with van der Waals surface area (Å²) < 4.78 is 144. The minimum absolute atomic E-state index is 0.0271. The standard InChI is InChI=1S/C27H38F6N2O4S2.6CH3.2Sn/c1-3-20-22-12-7-5-10-18(22)16-24(20)34(40(36,37)26(28,29)30)14-9-15-35(41(38,39)27(31,32)33)25-17-19-11-6-8-13-23(19)21(25)4-2;;;;;;;;/h1-4,18-25H,5-17H2;6*1H3;;/t18-,19-,20-,21-,22+,23+,24+,25+;;;;;;;;/m1......../s1. The first-order chi connectivity index (χ1) is 22.4. The van der Waals surface area contributed by atoms with Crippen molar-refractivity contribution in [1.29, 1.82) is 0 Å². The van der Waals surface area contributed by atoms with E-state index in [0.717, 1.165) is 51.4 Å². The molecule has 6 nitrogen and oxygen atoms in total. The Kier molecular flexibility index (Phi) is 13.5. The van der Waals surface area contributed by atoms with E-state index in [1.807, 2.05) is 12.2 Å². The van der Waals surface area contributed by atoms with Crippen LogP contribution >= 0.6 is 0 Å². The molecule has 0 heterocycles. The molecule has 0 radical (unpaired) electrons. The number of rotatable bonds is 12. The second-order valence-electron chi connectivity index (χ2n) is 17.1. The molecule has 4 fully saturated rings. The summed E-state index contributed by atoms with van der Waals surface area (Å²) in [6.45, 7) is -1.42. The van der Waals surface area contributed by atoms with Crippen molar-refractivity contribution in [3.63, 3.8) is 0 Å². The van der Waals surface area contributed by atoms with E-state index in [4.69, 9.17) is 0 Å². The van der Waals surface area contributed by atoms with Crippen LogP contribution in [0.2, 0.25) is 29.6 Å². The van der Waals surface area contributed by atoms with Crippen molar-refractivity contribution in [3.8, 4) is 0 Å². The molecular weight excluding hydrogens is 904 g/mol. The maximum absolute atomic E-state index is 14.3. The van der Waals surface area contributed by atoms with Crippen LogP contribution in [-0.2, 0) is 20.0 Å². The molecule has 0 unspecified atom stereocenters. The van der Waals surface area contributed by atoms with Gasteiger partial charge in [0, 0.05) is 0 Å². The molecule has 0 aliphatic heterocycles. The van der Waals surface area contributed by atoms with Crippen molar-refractivity contribution in [2.45, 2.75) is 123 Å². The molecule has 49 heavy (non-hydrogen) atoms. The molecule has 0 aromatic carbocycles. The van der Waals surface area contributed by atoms with E-state index in [-0.39, 0.29) is 36.5 Å². The number of alkyl halides is 6. The van der Waals surface area contributed by atoms with Crippen LogP contribution < -0.4 is 0 Å². The molecule has 0 spiro atoms. The van der Waals surface area contributed by atoms with Gasteiger partial charge in [-0.1, -0.05) is 0 Å². The first kappa shape index (κ1) is 42.2. The number of fused-ring (bicyclic) bond motifs is 2. The first-order valence-electron chi connectivity index (χ1n) is 17.9. The van der Waals surface area contributed by atoms with Crippen LogP contribution in [-0.4, -0.2) is 98.4 Å². The summed E-state index contributed by atoms with van der Waals surface area (Å²) in [5, 5.41) is 0. The number of hydrogen-bond acceptors (Lipinski definition) is 4. The molecule has 4 rings (SSSR count). The van der Waals surface area contributed by atoms with Gasteiger partial charge < -0.3 is 0 Å². The quantitative estimate of drug-likeness (QED) is 0.145. The Morgan fingerprint density at radius 2 is 0.918 bits per heavy atom. The zero-order valence-corrected chi connectivity index (χ0v) is 37.1. The Morgan fingerprint density at radius 3 is 1.22 bits per heavy atom. The molecule has 8 atom stereocenters. The zero-order chi connectivity index (χ0) is 36.8. The molecule has 4 saturated carbocycles. The van der Waals surface area contributed by atoms with E-state index in [0.29, 0.717) is 8.61 Å². The molecule has 284 valence electrons. The molecule has 0 saturated heterocycles. The van der Waals surface area contributed by atoms with E-state index in [2.05, 4.69) is 37.8 Å². The normalized spacial score (nSPS) is 32.4. The van der Waals surface area contributed by atoms with Gasteiger partial charge >= 0.3 is 301 Å². The Balaban J connectivity index is 1.71. The minimum atomic E-state index is -5.86. The van der Waals surface area contributed by atoms with Crippen LogP contribution in [0.3, 0.4) is 0 Å². The van der Waals surface area contributed by atoms with Crippen LogP contribution in [0.1, 0.15) is 70.6 Å². The fourth-order valence-corrected chi connectivity index (χ4v) is 16.1. The zero-order valence-electron chi connectivity index (χ0n) is 29.7. The van der Waals surface area contributed by atoms with Gasteiger partial charge in [0.25, 0.3) is 0 Å². The van der Waals surface area contributed by atoms with Crippen LogP contribution in [0.25, 0.3) is 0 Å². The summed E-state index contributed by atoms with van der Waals surface area (Å²) in [5.41, 5.74) is -11.2. The summed E-state index contributed by atoms with van der Waals surface area (Å²) in [6.07, 6.45) is 10.7. The van der Waals surface area contributed by atoms with Crippen LogP contribution in [0, 0.1) is 35.5 Å². The van der Waals surface area contributed by atoms with Crippen molar-refractivity contribution >= 4 is 56.8 Å².